The summed E-state index contributed by atoms with van der Waals surface area (Å²) in [5, 5.41) is 3.44. The van der Waals surface area contributed by atoms with Gasteiger partial charge in [0, 0.05) is 20.3 Å². The van der Waals surface area contributed by atoms with Crippen molar-refractivity contribution in [2.45, 2.75) is 33.2 Å². The summed E-state index contributed by atoms with van der Waals surface area (Å²) < 4.78 is 10.3. The minimum atomic E-state index is 0.677. The maximum Gasteiger partial charge on any atom is 0.0700 e. The molecular weight excluding hydrogens is 250 g/mol. The van der Waals surface area contributed by atoms with Crippen LogP contribution in [0.5, 0.6) is 0 Å². The van der Waals surface area contributed by atoms with Crippen molar-refractivity contribution in [1.29, 1.82) is 0 Å². The van der Waals surface area contributed by atoms with Gasteiger partial charge in [-0.2, -0.15) is 0 Å². The van der Waals surface area contributed by atoms with Crippen LogP contribution in [0.2, 0.25) is 0 Å². The molecule has 0 bridgehead atoms. The molecule has 1 rings (SSSR count). The summed E-state index contributed by atoms with van der Waals surface area (Å²) in [5.74, 6) is 0.720. The Labute approximate surface area is 123 Å². The molecule has 0 aliphatic carbocycles. The van der Waals surface area contributed by atoms with Gasteiger partial charge in [0.05, 0.1) is 13.2 Å². The van der Waals surface area contributed by atoms with Gasteiger partial charge in [-0.25, -0.2) is 0 Å². The normalized spacial score (nSPS) is 11.2. The van der Waals surface area contributed by atoms with Gasteiger partial charge in [0.2, 0.25) is 0 Å². The molecule has 0 aliphatic heterocycles. The van der Waals surface area contributed by atoms with Gasteiger partial charge in [0.15, 0.2) is 0 Å². The topological polar surface area (TPSA) is 30.5 Å². The highest BCUT2D eigenvalue weighted by molar-refractivity contribution is 5.22. The van der Waals surface area contributed by atoms with E-state index in [-0.39, 0.29) is 0 Å². The van der Waals surface area contributed by atoms with E-state index in [2.05, 4.69) is 43.4 Å². The van der Waals surface area contributed by atoms with Crippen molar-refractivity contribution in [3.8, 4) is 0 Å². The number of rotatable bonds is 11. The summed E-state index contributed by atoms with van der Waals surface area (Å²) in [7, 11) is 1.69. The van der Waals surface area contributed by atoms with Gasteiger partial charge in [-0.3, -0.25) is 0 Å². The molecule has 0 spiro atoms. The molecule has 0 unspecified atom stereocenters. The first kappa shape index (κ1) is 17.2. The lowest BCUT2D eigenvalue weighted by Crippen LogP contribution is -2.16. The van der Waals surface area contributed by atoms with Crippen molar-refractivity contribution >= 4 is 0 Å². The largest absolute Gasteiger partial charge is 0.382 e. The summed E-state index contributed by atoms with van der Waals surface area (Å²) in [5.41, 5.74) is 2.77. The van der Waals surface area contributed by atoms with Crippen LogP contribution in [0.15, 0.2) is 24.3 Å². The van der Waals surface area contributed by atoms with Gasteiger partial charge in [0.1, 0.15) is 0 Å². The average Bonchev–Trinajstić information content (AvgIpc) is 2.43. The summed E-state index contributed by atoms with van der Waals surface area (Å²) in [4.78, 5) is 0. The Morgan fingerprint density at radius 2 is 1.70 bits per heavy atom. The highest BCUT2D eigenvalue weighted by Crippen LogP contribution is 2.09. The molecule has 3 nitrogen and oxygen atoms in total. The Morgan fingerprint density at radius 1 is 1.00 bits per heavy atom. The van der Waals surface area contributed by atoms with Crippen LogP contribution in [0.25, 0.3) is 0 Å². The molecule has 0 aromatic heterocycles. The van der Waals surface area contributed by atoms with Gasteiger partial charge in [-0.15, -0.1) is 0 Å². The van der Waals surface area contributed by atoms with Gasteiger partial charge in [-0.05, 0) is 36.4 Å². The number of hydrogen-bond donors (Lipinski definition) is 1. The first-order valence-electron chi connectivity index (χ1n) is 7.57. The lowest BCUT2D eigenvalue weighted by atomic mass is 10.0. The Balaban J connectivity index is 2.07. The standard InChI is InChI=1S/C17H29NO2/c1-15(2)13-16-5-7-17(8-6-16)14-18-9-4-10-20-12-11-19-3/h5-8,15,18H,4,9-14H2,1-3H3. The highest BCUT2D eigenvalue weighted by Gasteiger charge is 1.98. The molecule has 0 aliphatic rings. The number of hydrogen-bond acceptors (Lipinski definition) is 3. The van der Waals surface area contributed by atoms with Crippen LogP contribution in [0.1, 0.15) is 31.4 Å². The predicted octanol–water partition coefficient (Wildman–Crippen LogP) is 3.03. The number of benzene rings is 1. The average molecular weight is 279 g/mol. The SMILES string of the molecule is COCCOCCCNCc1ccc(CC(C)C)cc1. The van der Waals surface area contributed by atoms with Crippen molar-refractivity contribution in [2.24, 2.45) is 5.92 Å². The van der Waals surface area contributed by atoms with Crippen LogP contribution in [-0.4, -0.2) is 33.5 Å². The van der Waals surface area contributed by atoms with E-state index >= 15 is 0 Å². The van der Waals surface area contributed by atoms with Gasteiger partial charge < -0.3 is 14.8 Å². The van der Waals surface area contributed by atoms with E-state index in [0.29, 0.717) is 13.2 Å². The Morgan fingerprint density at radius 3 is 2.35 bits per heavy atom. The fourth-order valence-electron chi connectivity index (χ4n) is 2.04. The van der Waals surface area contributed by atoms with E-state index in [0.717, 1.165) is 38.5 Å². The van der Waals surface area contributed by atoms with Crippen LogP contribution in [-0.2, 0) is 22.4 Å². The molecule has 20 heavy (non-hydrogen) atoms. The van der Waals surface area contributed by atoms with Crippen LogP contribution in [0, 0.1) is 5.92 Å². The molecule has 0 atom stereocenters. The lowest BCUT2D eigenvalue weighted by molar-refractivity contribution is 0.0695. The molecule has 0 amide bonds. The van der Waals surface area contributed by atoms with Crippen molar-refractivity contribution in [3.05, 3.63) is 35.4 Å². The number of ether oxygens (including phenoxy) is 2. The van der Waals surface area contributed by atoms with Gasteiger partial charge in [-0.1, -0.05) is 38.1 Å². The molecule has 0 radical (unpaired) electrons. The first-order valence-corrected chi connectivity index (χ1v) is 7.57. The van der Waals surface area contributed by atoms with Crippen molar-refractivity contribution in [2.75, 3.05) is 33.5 Å². The van der Waals surface area contributed by atoms with Crippen LogP contribution >= 0.6 is 0 Å². The predicted molar refractivity (Wildman–Crippen MR) is 84.0 cm³/mol. The molecule has 3 heteroatoms. The zero-order valence-corrected chi connectivity index (χ0v) is 13.2. The van der Waals surface area contributed by atoms with Crippen LogP contribution in [0.3, 0.4) is 0 Å². The van der Waals surface area contributed by atoms with Crippen molar-refractivity contribution in [3.63, 3.8) is 0 Å². The molecule has 0 saturated carbocycles. The Kier molecular flexibility index (Phi) is 9.29. The third-order valence-electron chi connectivity index (χ3n) is 3.07. The minimum absolute atomic E-state index is 0.677. The molecule has 1 N–H and O–H groups in total. The van der Waals surface area contributed by atoms with Crippen molar-refractivity contribution < 1.29 is 9.47 Å². The van der Waals surface area contributed by atoms with E-state index < -0.39 is 0 Å². The van der Waals surface area contributed by atoms with E-state index in [4.69, 9.17) is 9.47 Å². The van der Waals surface area contributed by atoms with Crippen LogP contribution in [0.4, 0.5) is 0 Å². The van der Waals surface area contributed by atoms with E-state index in [9.17, 15) is 0 Å². The zero-order valence-electron chi connectivity index (χ0n) is 13.2. The second kappa shape index (κ2) is 10.8. The second-order valence-electron chi connectivity index (χ2n) is 5.55. The summed E-state index contributed by atoms with van der Waals surface area (Å²) in [6.45, 7) is 8.59. The maximum atomic E-state index is 5.41. The molecule has 1 aromatic carbocycles. The second-order valence-corrected chi connectivity index (χ2v) is 5.55. The first-order chi connectivity index (χ1) is 9.72. The van der Waals surface area contributed by atoms with Crippen LogP contribution < -0.4 is 5.32 Å². The number of methoxy groups -OCH3 is 1. The zero-order chi connectivity index (χ0) is 14.6. The summed E-state index contributed by atoms with van der Waals surface area (Å²) in [6.07, 6.45) is 2.20. The molecule has 0 saturated heterocycles. The fraction of sp³-hybridized carbons (Fsp3) is 0.647. The van der Waals surface area contributed by atoms with E-state index in [1.54, 1.807) is 7.11 Å². The molecular formula is C17H29NO2. The van der Waals surface area contributed by atoms with Gasteiger partial charge in [0.25, 0.3) is 0 Å². The Bertz CT molecular complexity index is 335. The van der Waals surface area contributed by atoms with E-state index in [1.807, 2.05) is 0 Å². The lowest BCUT2D eigenvalue weighted by Gasteiger charge is -2.08. The molecule has 1 aromatic rings. The molecule has 0 fully saturated rings. The highest BCUT2D eigenvalue weighted by atomic mass is 16.5. The van der Waals surface area contributed by atoms with Crippen molar-refractivity contribution in [1.82, 2.24) is 5.32 Å². The monoisotopic (exact) mass is 279 g/mol. The number of nitrogens with one attached hydrogen (secondary N) is 1. The maximum absolute atomic E-state index is 5.41. The summed E-state index contributed by atoms with van der Waals surface area (Å²) in [6, 6.07) is 8.93. The minimum Gasteiger partial charge on any atom is -0.382 e. The third-order valence-corrected chi connectivity index (χ3v) is 3.07. The summed E-state index contributed by atoms with van der Waals surface area (Å²) >= 11 is 0. The molecule has 114 valence electrons. The smallest absolute Gasteiger partial charge is 0.0700 e. The Hall–Kier alpha value is -0.900. The quantitative estimate of drug-likeness (QED) is 0.632. The van der Waals surface area contributed by atoms with Gasteiger partial charge >= 0.3 is 0 Å². The third kappa shape index (κ3) is 8.31. The fourth-order valence-corrected chi connectivity index (χ4v) is 2.04. The van der Waals surface area contributed by atoms with E-state index in [1.165, 1.54) is 11.1 Å². The molecule has 0 heterocycles.